The van der Waals surface area contributed by atoms with Gasteiger partial charge in [-0.1, -0.05) is 17.8 Å². The minimum absolute atomic E-state index is 0.0410. The molecule has 3 aromatic rings. The van der Waals surface area contributed by atoms with Crippen molar-refractivity contribution in [2.45, 2.75) is 49.6 Å². The van der Waals surface area contributed by atoms with Gasteiger partial charge >= 0.3 is 0 Å². The van der Waals surface area contributed by atoms with E-state index in [0.717, 1.165) is 41.1 Å². The van der Waals surface area contributed by atoms with Crippen LogP contribution in [-0.2, 0) is 5.75 Å². The molecule has 7 nitrogen and oxygen atoms in total. The molecule has 8 heteroatoms. The minimum atomic E-state index is -0.0410. The summed E-state index contributed by atoms with van der Waals surface area (Å²) in [4.78, 5) is 19.4. The first-order valence-electron chi connectivity index (χ1n) is 9.51. The summed E-state index contributed by atoms with van der Waals surface area (Å²) in [6.45, 7) is 4.11. The third-order valence-corrected chi connectivity index (χ3v) is 6.21. The molecule has 2 fully saturated rings. The molecule has 140 valence electrons. The van der Waals surface area contributed by atoms with Crippen LogP contribution in [0.4, 0.5) is 5.95 Å². The lowest BCUT2D eigenvalue weighted by atomic mass is 10.3. The predicted molar refractivity (Wildman–Crippen MR) is 106 cm³/mol. The van der Waals surface area contributed by atoms with E-state index in [2.05, 4.69) is 19.7 Å². The van der Waals surface area contributed by atoms with Crippen LogP contribution in [0.25, 0.3) is 5.65 Å². The van der Waals surface area contributed by atoms with E-state index in [0.29, 0.717) is 11.8 Å². The number of aryl methyl sites for hydroxylation is 1. The Bertz CT molecular complexity index is 1050. The lowest BCUT2D eigenvalue weighted by Crippen LogP contribution is -2.22. The van der Waals surface area contributed by atoms with Crippen molar-refractivity contribution in [1.29, 1.82) is 0 Å². The van der Waals surface area contributed by atoms with Crippen molar-refractivity contribution >= 4 is 23.4 Å². The number of nitrogens with zero attached hydrogens (tertiary/aromatic N) is 6. The Hall–Kier alpha value is -2.35. The van der Waals surface area contributed by atoms with Gasteiger partial charge in [0.25, 0.3) is 5.56 Å². The van der Waals surface area contributed by atoms with E-state index in [1.165, 1.54) is 25.7 Å². The first kappa shape index (κ1) is 16.8. The molecule has 0 aromatic carbocycles. The molecule has 0 unspecified atom stereocenters. The minimum Gasteiger partial charge on any atom is -0.341 e. The van der Waals surface area contributed by atoms with Crippen molar-refractivity contribution in [2.75, 3.05) is 18.0 Å². The van der Waals surface area contributed by atoms with Gasteiger partial charge in [0.05, 0.1) is 5.69 Å². The second-order valence-corrected chi connectivity index (χ2v) is 8.28. The van der Waals surface area contributed by atoms with Crippen molar-refractivity contribution in [3.63, 3.8) is 0 Å². The molecule has 0 bridgehead atoms. The molecular weight excluding hydrogens is 360 g/mol. The van der Waals surface area contributed by atoms with Gasteiger partial charge in [-0.3, -0.25) is 13.8 Å². The quantitative estimate of drug-likeness (QED) is 0.632. The number of rotatable bonds is 5. The average molecular weight is 382 g/mol. The summed E-state index contributed by atoms with van der Waals surface area (Å²) in [5.74, 6) is 1.63. The first-order valence-corrected chi connectivity index (χ1v) is 10.5. The molecule has 0 atom stereocenters. The number of aromatic nitrogens is 5. The fourth-order valence-electron chi connectivity index (χ4n) is 3.67. The summed E-state index contributed by atoms with van der Waals surface area (Å²) >= 11 is 1.62. The summed E-state index contributed by atoms with van der Waals surface area (Å²) in [5, 5.41) is 9.88. The van der Waals surface area contributed by atoms with Crippen molar-refractivity contribution in [3.8, 4) is 0 Å². The molecule has 1 aliphatic heterocycles. The molecule has 3 aromatic heterocycles. The zero-order valence-corrected chi connectivity index (χ0v) is 16.2. The summed E-state index contributed by atoms with van der Waals surface area (Å²) in [7, 11) is 0. The normalized spacial score (nSPS) is 17.1. The fourth-order valence-corrected chi connectivity index (χ4v) is 4.57. The number of anilines is 1. The maximum Gasteiger partial charge on any atom is 0.258 e. The molecule has 0 N–H and O–H groups in total. The Morgan fingerprint density at radius 1 is 1.22 bits per heavy atom. The van der Waals surface area contributed by atoms with E-state index in [1.807, 2.05) is 19.1 Å². The van der Waals surface area contributed by atoms with Crippen LogP contribution in [0.1, 0.15) is 43.0 Å². The molecule has 1 saturated heterocycles. The summed E-state index contributed by atoms with van der Waals surface area (Å²) in [6, 6.07) is 6.00. The van der Waals surface area contributed by atoms with E-state index < -0.39 is 0 Å². The molecule has 1 saturated carbocycles. The van der Waals surface area contributed by atoms with Gasteiger partial charge in [0, 0.05) is 37.1 Å². The van der Waals surface area contributed by atoms with Gasteiger partial charge in [-0.05, 0) is 44.2 Å². The van der Waals surface area contributed by atoms with Gasteiger partial charge in [0.1, 0.15) is 5.65 Å². The molecule has 2 aliphatic rings. The van der Waals surface area contributed by atoms with Gasteiger partial charge in [-0.2, -0.15) is 0 Å². The van der Waals surface area contributed by atoms with E-state index in [1.54, 1.807) is 28.4 Å². The smallest absolute Gasteiger partial charge is 0.258 e. The van der Waals surface area contributed by atoms with Gasteiger partial charge in [0.15, 0.2) is 5.16 Å². The highest BCUT2D eigenvalue weighted by atomic mass is 32.2. The van der Waals surface area contributed by atoms with Gasteiger partial charge in [0.2, 0.25) is 5.95 Å². The summed E-state index contributed by atoms with van der Waals surface area (Å²) in [5.41, 5.74) is 2.47. The Morgan fingerprint density at radius 3 is 2.81 bits per heavy atom. The van der Waals surface area contributed by atoms with Crippen LogP contribution in [-0.4, -0.2) is 37.2 Å². The van der Waals surface area contributed by atoms with Crippen LogP contribution >= 0.6 is 11.8 Å². The third kappa shape index (κ3) is 3.12. The highest BCUT2D eigenvalue weighted by Crippen LogP contribution is 2.41. The standard InChI is InChI=1S/C19H22N6OS/c1-13-5-4-10-24-16(26)11-14(20-17(13)24)12-27-19-22-21-18(23-8-2-3-9-23)25(19)15-6-7-15/h4-5,10-11,15H,2-3,6-9,12H2,1H3. The topological polar surface area (TPSA) is 68.3 Å². The van der Waals surface area contributed by atoms with E-state index >= 15 is 0 Å². The molecular formula is C19H22N6OS. The number of hydrogen-bond donors (Lipinski definition) is 0. The first-order chi connectivity index (χ1) is 13.2. The fraction of sp³-hybridized carbons (Fsp3) is 0.474. The number of fused-ring (bicyclic) bond motifs is 1. The van der Waals surface area contributed by atoms with Crippen LogP contribution in [0.5, 0.6) is 0 Å². The average Bonchev–Trinajstić information content (AvgIpc) is 3.18. The largest absolute Gasteiger partial charge is 0.341 e. The second kappa shape index (κ2) is 6.67. The van der Waals surface area contributed by atoms with Gasteiger partial charge in [-0.25, -0.2) is 4.98 Å². The summed E-state index contributed by atoms with van der Waals surface area (Å²) < 4.78 is 3.90. The Labute approximate surface area is 161 Å². The number of pyridine rings is 1. The zero-order chi connectivity index (χ0) is 18.4. The lowest BCUT2D eigenvalue weighted by molar-refractivity contribution is 0.651. The predicted octanol–water partition coefficient (Wildman–Crippen LogP) is 2.82. The van der Waals surface area contributed by atoms with Crippen molar-refractivity contribution in [3.05, 3.63) is 46.0 Å². The van der Waals surface area contributed by atoms with Crippen LogP contribution < -0.4 is 10.5 Å². The Kier molecular flexibility index (Phi) is 4.15. The highest BCUT2D eigenvalue weighted by Gasteiger charge is 2.32. The van der Waals surface area contributed by atoms with Gasteiger partial charge < -0.3 is 4.90 Å². The second-order valence-electron chi connectivity index (χ2n) is 7.34. The molecule has 27 heavy (non-hydrogen) atoms. The molecule has 0 amide bonds. The molecule has 4 heterocycles. The Balaban J connectivity index is 1.43. The number of thioether (sulfide) groups is 1. The van der Waals surface area contributed by atoms with E-state index in [-0.39, 0.29) is 5.56 Å². The molecule has 0 radical (unpaired) electrons. The van der Waals surface area contributed by atoms with Crippen LogP contribution in [0.2, 0.25) is 0 Å². The maximum absolute atomic E-state index is 12.4. The zero-order valence-electron chi connectivity index (χ0n) is 15.3. The van der Waals surface area contributed by atoms with E-state index in [4.69, 9.17) is 4.98 Å². The van der Waals surface area contributed by atoms with Crippen LogP contribution in [0.3, 0.4) is 0 Å². The number of hydrogen-bond acceptors (Lipinski definition) is 6. The molecule has 1 aliphatic carbocycles. The van der Waals surface area contributed by atoms with E-state index in [9.17, 15) is 4.79 Å². The van der Waals surface area contributed by atoms with Crippen molar-refractivity contribution in [2.24, 2.45) is 0 Å². The van der Waals surface area contributed by atoms with Crippen LogP contribution in [0.15, 0.2) is 34.3 Å². The lowest BCUT2D eigenvalue weighted by Gasteiger charge is -2.17. The third-order valence-electron chi connectivity index (χ3n) is 5.24. The SMILES string of the molecule is Cc1cccn2c(=O)cc(CSc3nnc(N4CCCC4)n3C3CC3)nc12. The van der Waals surface area contributed by atoms with Crippen molar-refractivity contribution in [1.82, 2.24) is 24.1 Å². The molecule has 5 rings (SSSR count). The van der Waals surface area contributed by atoms with Gasteiger partial charge in [-0.15, -0.1) is 10.2 Å². The monoisotopic (exact) mass is 382 g/mol. The Morgan fingerprint density at radius 2 is 2.04 bits per heavy atom. The van der Waals surface area contributed by atoms with Crippen LogP contribution in [0, 0.1) is 6.92 Å². The summed E-state index contributed by atoms with van der Waals surface area (Å²) in [6.07, 6.45) is 6.61. The molecule has 0 spiro atoms. The van der Waals surface area contributed by atoms with Crippen molar-refractivity contribution < 1.29 is 0 Å². The highest BCUT2D eigenvalue weighted by molar-refractivity contribution is 7.98. The maximum atomic E-state index is 12.4.